The van der Waals surface area contributed by atoms with E-state index in [-0.39, 0.29) is 17.4 Å². The first-order valence-electron chi connectivity index (χ1n) is 7.12. The number of piperidine rings is 1. The quantitative estimate of drug-likeness (QED) is 0.775. The van der Waals surface area contributed by atoms with Crippen LogP contribution in [0.3, 0.4) is 0 Å². The van der Waals surface area contributed by atoms with Crippen molar-refractivity contribution >= 4 is 5.91 Å². The zero-order valence-corrected chi connectivity index (χ0v) is 11.8. The van der Waals surface area contributed by atoms with Gasteiger partial charge >= 0.3 is 0 Å². The van der Waals surface area contributed by atoms with Crippen LogP contribution in [0.2, 0.25) is 0 Å². The molecule has 1 heterocycles. The second kappa shape index (κ2) is 6.39. The molecule has 100 valence electrons. The molecule has 1 saturated heterocycles. The number of hydrogen-bond donors (Lipinski definition) is 2. The molecule has 2 atom stereocenters. The molecule has 1 amide bonds. The van der Waals surface area contributed by atoms with Crippen molar-refractivity contribution in [2.24, 2.45) is 5.92 Å². The lowest BCUT2D eigenvalue weighted by atomic mass is 9.87. The van der Waals surface area contributed by atoms with Crippen LogP contribution < -0.4 is 10.6 Å². The van der Waals surface area contributed by atoms with Gasteiger partial charge in [0.25, 0.3) is 0 Å². The van der Waals surface area contributed by atoms with E-state index in [1.165, 1.54) is 0 Å². The molecular formula is C14H28N2O. The fourth-order valence-corrected chi connectivity index (χ4v) is 2.75. The maximum atomic E-state index is 12.3. The predicted molar refractivity (Wildman–Crippen MR) is 71.9 cm³/mol. The van der Waals surface area contributed by atoms with E-state index in [1.54, 1.807) is 0 Å². The molecule has 1 rings (SSSR count). The summed E-state index contributed by atoms with van der Waals surface area (Å²) < 4.78 is 0. The molecule has 0 bridgehead atoms. The van der Waals surface area contributed by atoms with E-state index in [0.29, 0.717) is 6.04 Å². The van der Waals surface area contributed by atoms with Gasteiger partial charge in [-0.05, 0) is 45.6 Å². The van der Waals surface area contributed by atoms with Crippen molar-refractivity contribution in [3.05, 3.63) is 0 Å². The average molecular weight is 240 g/mol. The van der Waals surface area contributed by atoms with Crippen molar-refractivity contribution in [1.29, 1.82) is 0 Å². The number of carbonyl (C=O) groups excluding carboxylic acids is 1. The van der Waals surface area contributed by atoms with E-state index in [2.05, 4.69) is 38.3 Å². The van der Waals surface area contributed by atoms with Crippen LogP contribution in [0.25, 0.3) is 0 Å². The van der Waals surface area contributed by atoms with Crippen molar-refractivity contribution in [2.75, 3.05) is 6.54 Å². The van der Waals surface area contributed by atoms with Gasteiger partial charge in [0, 0.05) is 17.5 Å². The Morgan fingerprint density at radius 1 is 1.29 bits per heavy atom. The van der Waals surface area contributed by atoms with Crippen LogP contribution >= 0.6 is 0 Å². The van der Waals surface area contributed by atoms with E-state index in [1.807, 2.05) is 0 Å². The Morgan fingerprint density at radius 2 is 1.88 bits per heavy atom. The van der Waals surface area contributed by atoms with Gasteiger partial charge in [0.2, 0.25) is 5.91 Å². The third kappa shape index (κ3) is 3.70. The topological polar surface area (TPSA) is 41.1 Å². The van der Waals surface area contributed by atoms with Gasteiger partial charge in [-0.15, -0.1) is 0 Å². The Morgan fingerprint density at radius 3 is 2.35 bits per heavy atom. The Hall–Kier alpha value is -0.570. The highest BCUT2D eigenvalue weighted by Crippen LogP contribution is 2.22. The molecule has 0 saturated carbocycles. The Kier molecular flexibility index (Phi) is 5.44. The van der Waals surface area contributed by atoms with Crippen molar-refractivity contribution in [3.63, 3.8) is 0 Å². The summed E-state index contributed by atoms with van der Waals surface area (Å²) >= 11 is 0. The second-order valence-electron chi connectivity index (χ2n) is 5.41. The van der Waals surface area contributed by atoms with Crippen molar-refractivity contribution in [2.45, 2.75) is 71.4 Å². The Balaban J connectivity index is 2.57. The first-order valence-corrected chi connectivity index (χ1v) is 7.12. The van der Waals surface area contributed by atoms with E-state index in [4.69, 9.17) is 0 Å². The fourth-order valence-electron chi connectivity index (χ4n) is 2.75. The molecule has 0 radical (unpaired) electrons. The Labute approximate surface area is 106 Å². The summed E-state index contributed by atoms with van der Waals surface area (Å²) in [4.78, 5) is 12.3. The highest BCUT2D eigenvalue weighted by atomic mass is 16.2. The lowest BCUT2D eigenvalue weighted by Crippen LogP contribution is -2.51. The van der Waals surface area contributed by atoms with Gasteiger partial charge in [0.1, 0.15) is 0 Å². The standard InChI is InChI=1S/C14H28N2O/c1-5-14(6-2,7-3)16-13(17)12-8-9-15-11(4)10-12/h11-12,15H,5-10H2,1-4H3,(H,16,17). The summed E-state index contributed by atoms with van der Waals surface area (Å²) in [5.41, 5.74) is 0.0190. The van der Waals surface area contributed by atoms with Gasteiger partial charge in [-0.1, -0.05) is 20.8 Å². The first kappa shape index (κ1) is 14.5. The van der Waals surface area contributed by atoms with Gasteiger partial charge in [0.15, 0.2) is 0 Å². The molecule has 0 aromatic carbocycles. The van der Waals surface area contributed by atoms with E-state index < -0.39 is 0 Å². The maximum absolute atomic E-state index is 12.3. The third-order valence-corrected chi connectivity index (χ3v) is 4.41. The van der Waals surface area contributed by atoms with Crippen LogP contribution in [0.4, 0.5) is 0 Å². The summed E-state index contributed by atoms with van der Waals surface area (Å²) in [6.45, 7) is 9.62. The lowest BCUT2D eigenvalue weighted by molar-refractivity contribution is -0.128. The van der Waals surface area contributed by atoms with Gasteiger partial charge in [-0.3, -0.25) is 4.79 Å². The molecule has 3 nitrogen and oxygen atoms in total. The maximum Gasteiger partial charge on any atom is 0.223 e. The molecule has 0 aliphatic carbocycles. The zero-order valence-electron chi connectivity index (χ0n) is 11.8. The third-order valence-electron chi connectivity index (χ3n) is 4.41. The molecular weight excluding hydrogens is 212 g/mol. The average Bonchev–Trinajstić information content (AvgIpc) is 2.36. The van der Waals surface area contributed by atoms with E-state index in [0.717, 1.165) is 38.6 Å². The Bertz CT molecular complexity index is 240. The highest BCUT2D eigenvalue weighted by Gasteiger charge is 2.31. The van der Waals surface area contributed by atoms with Crippen molar-refractivity contribution in [3.8, 4) is 0 Å². The smallest absolute Gasteiger partial charge is 0.223 e. The summed E-state index contributed by atoms with van der Waals surface area (Å²) in [6, 6.07) is 0.471. The molecule has 0 aromatic heterocycles. The molecule has 0 spiro atoms. The molecule has 2 unspecified atom stereocenters. The number of carbonyl (C=O) groups is 1. The molecule has 17 heavy (non-hydrogen) atoms. The molecule has 1 aliphatic heterocycles. The van der Waals surface area contributed by atoms with Gasteiger partial charge in [-0.2, -0.15) is 0 Å². The van der Waals surface area contributed by atoms with Crippen LogP contribution in [0.5, 0.6) is 0 Å². The summed E-state index contributed by atoms with van der Waals surface area (Å²) in [7, 11) is 0. The monoisotopic (exact) mass is 240 g/mol. The first-order chi connectivity index (χ1) is 8.06. The lowest BCUT2D eigenvalue weighted by Gasteiger charge is -2.35. The molecule has 1 fully saturated rings. The predicted octanol–water partition coefficient (Wildman–Crippen LogP) is 2.46. The SMILES string of the molecule is CCC(CC)(CC)NC(=O)C1CCNC(C)C1. The van der Waals surface area contributed by atoms with E-state index >= 15 is 0 Å². The zero-order chi connectivity index (χ0) is 12.9. The number of amides is 1. The van der Waals surface area contributed by atoms with Gasteiger partial charge in [-0.25, -0.2) is 0 Å². The fraction of sp³-hybridized carbons (Fsp3) is 0.929. The van der Waals surface area contributed by atoms with Crippen molar-refractivity contribution in [1.82, 2.24) is 10.6 Å². The summed E-state index contributed by atoms with van der Waals surface area (Å²) in [5, 5.41) is 6.69. The van der Waals surface area contributed by atoms with Crippen LogP contribution in [0.1, 0.15) is 59.8 Å². The normalized spacial score (nSPS) is 25.6. The molecule has 3 heteroatoms. The molecule has 2 N–H and O–H groups in total. The van der Waals surface area contributed by atoms with Crippen LogP contribution in [0.15, 0.2) is 0 Å². The van der Waals surface area contributed by atoms with Crippen LogP contribution in [0, 0.1) is 5.92 Å². The minimum atomic E-state index is 0.0190. The summed E-state index contributed by atoms with van der Waals surface area (Å²) in [6.07, 6.45) is 5.01. The van der Waals surface area contributed by atoms with Crippen molar-refractivity contribution < 1.29 is 4.79 Å². The van der Waals surface area contributed by atoms with Crippen LogP contribution in [-0.4, -0.2) is 24.0 Å². The highest BCUT2D eigenvalue weighted by molar-refractivity contribution is 5.79. The van der Waals surface area contributed by atoms with Gasteiger partial charge < -0.3 is 10.6 Å². The number of rotatable bonds is 5. The molecule has 1 aliphatic rings. The van der Waals surface area contributed by atoms with Gasteiger partial charge in [0.05, 0.1) is 0 Å². The van der Waals surface area contributed by atoms with Crippen LogP contribution in [-0.2, 0) is 4.79 Å². The minimum absolute atomic E-state index is 0.0190. The molecule has 0 aromatic rings. The largest absolute Gasteiger partial charge is 0.350 e. The number of hydrogen-bond acceptors (Lipinski definition) is 2. The number of nitrogens with one attached hydrogen (secondary N) is 2. The summed E-state index contributed by atoms with van der Waals surface area (Å²) in [5.74, 6) is 0.471. The van der Waals surface area contributed by atoms with E-state index in [9.17, 15) is 4.79 Å². The minimum Gasteiger partial charge on any atom is -0.350 e. The second-order valence-corrected chi connectivity index (χ2v) is 5.41.